The van der Waals surface area contributed by atoms with Crippen LogP contribution >= 0.6 is 0 Å². The maximum Gasteiger partial charge on any atom is 0.335 e. The summed E-state index contributed by atoms with van der Waals surface area (Å²) in [7, 11) is 0. The van der Waals surface area contributed by atoms with Gasteiger partial charge in [-0.25, -0.2) is 4.79 Å². The molecule has 0 unspecified atom stereocenters. The maximum atomic E-state index is 12.4. The second-order valence-electron chi connectivity index (χ2n) is 6.15. The average molecular weight is 384 g/mol. The summed E-state index contributed by atoms with van der Waals surface area (Å²) in [6.07, 6.45) is 0. The second-order valence-corrected chi connectivity index (χ2v) is 6.15. The highest BCUT2D eigenvalue weighted by molar-refractivity contribution is 5.95. The monoisotopic (exact) mass is 384 g/mol. The number of benzene rings is 2. The average Bonchev–Trinajstić information content (AvgIpc) is 2.73. The maximum absolute atomic E-state index is 12.4. The highest BCUT2D eigenvalue weighted by Crippen LogP contribution is 2.15. The highest BCUT2D eigenvalue weighted by atomic mass is 16.5. The molecule has 0 bridgehead atoms. The summed E-state index contributed by atoms with van der Waals surface area (Å²) in [6.45, 7) is 2.02. The van der Waals surface area contributed by atoms with Crippen LogP contribution in [0.4, 0.5) is 5.69 Å². The number of carbonyl (C=O) groups excluding carboxylic acids is 2. The summed E-state index contributed by atoms with van der Waals surface area (Å²) in [5.74, 6) is -0.999. The molecule has 2 aromatic carbocycles. The standard InChI is InChI=1S/C20H20N2O6/c23-18(21-16-5-1-15(2-6-16)20(25)26)13-28-17-7-3-14(4-8-17)19(24)22-9-11-27-12-10-22/h1-8H,9-13H2,(H,21,23)(H,25,26). The van der Waals surface area contributed by atoms with Gasteiger partial charge in [0.15, 0.2) is 6.61 Å². The lowest BCUT2D eigenvalue weighted by Gasteiger charge is -2.26. The van der Waals surface area contributed by atoms with Crippen molar-refractivity contribution >= 4 is 23.5 Å². The molecule has 0 saturated carbocycles. The number of carboxylic acids is 1. The minimum absolute atomic E-state index is 0.0580. The number of amides is 2. The van der Waals surface area contributed by atoms with Crippen LogP contribution in [0.15, 0.2) is 48.5 Å². The van der Waals surface area contributed by atoms with Gasteiger partial charge in [0.2, 0.25) is 0 Å². The molecule has 8 nitrogen and oxygen atoms in total. The lowest BCUT2D eigenvalue weighted by atomic mass is 10.2. The lowest BCUT2D eigenvalue weighted by molar-refractivity contribution is -0.118. The van der Waals surface area contributed by atoms with Crippen LogP contribution in [0.25, 0.3) is 0 Å². The Hall–Kier alpha value is -3.39. The number of hydrogen-bond acceptors (Lipinski definition) is 5. The first-order valence-corrected chi connectivity index (χ1v) is 8.76. The fourth-order valence-corrected chi connectivity index (χ4v) is 2.68. The van der Waals surface area contributed by atoms with Crippen LogP contribution in [0.5, 0.6) is 5.75 Å². The molecule has 146 valence electrons. The molecular weight excluding hydrogens is 364 g/mol. The minimum atomic E-state index is -1.03. The third kappa shape index (κ3) is 5.08. The van der Waals surface area contributed by atoms with E-state index >= 15 is 0 Å². The van der Waals surface area contributed by atoms with Crippen molar-refractivity contribution in [1.29, 1.82) is 0 Å². The molecule has 0 radical (unpaired) electrons. The van der Waals surface area contributed by atoms with Gasteiger partial charge in [0, 0.05) is 24.3 Å². The van der Waals surface area contributed by atoms with E-state index in [4.69, 9.17) is 14.6 Å². The Morgan fingerprint density at radius 2 is 1.57 bits per heavy atom. The van der Waals surface area contributed by atoms with Crippen LogP contribution in [0.2, 0.25) is 0 Å². The summed E-state index contributed by atoms with van der Waals surface area (Å²) in [5.41, 5.74) is 1.17. The number of anilines is 1. The van der Waals surface area contributed by atoms with Gasteiger partial charge in [-0.05, 0) is 48.5 Å². The smallest absolute Gasteiger partial charge is 0.335 e. The molecule has 2 N–H and O–H groups in total. The van der Waals surface area contributed by atoms with Gasteiger partial charge in [-0.2, -0.15) is 0 Å². The van der Waals surface area contributed by atoms with E-state index < -0.39 is 5.97 Å². The summed E-state index contributed by atoms with van der Waals surface area (Å²) in [6, 6.07) is 12.4. The molecule has 8 heteroatoms. The Kier molecular flexibility index (Phi) is 6.23. The number of carbonyl (C=O) groups is 3. The lowest BCUT2D eigenvalue weighted by Crippen LogP contribution is -2.40. The molecule has 1 heterocycles. The predicted molar refractivity (Wildman–Crippen MR) is 101 cm³/mol. The first kappa shape index (κ1) is 19.4. The zero-order valence-electron chi connectivity index (χ0n) is 15.1. The first-order chi connectivity index (χ1) is 13.5. The third-order valence-corrected chi connectivity index (χ3v) is 4.19. The van der Waals surface area contributed by atoms with Crippen LogP contribution < -0.4 is 10.1 Å². The summed E-state index contributed by atoms with van der Waals surface area (Å²) >= 11 is 0. The van der Waals surface area contributed by atoms with E-state index in [1.165, 1.54) is 24.3 Å². The van der Waals surface area contributed by atoms with Crippen molar-refractivity contribution in [2.45, 2.75) is 0 Å². The fraction of sp³-hybridized carbons (Fsp3) is 0.250. The SMILES string of the molecule is O=C(COc1ccc(C(=O)N2CCOCC2)cc1)Nc1ccc(C(=O)O)cc1. The Morgan fingerprint density at radius 3 is 2.18 bits per heavy atom. The number of morpholine rings is 1. The molecule has 0 aromatic heterocycles. The molecule has 0 atom stereocenters. The van der Waals surface area contributed by atoms with Crippen molar-refractivity contribution in [3.05, 3.63) is 59.7 Å². The molecule has 0 spiro atoms. The molecule has 1 aliphatic heterocycles. The van der Waals surface area contributed by atoms with Crippen LogP contribution in [-0.4, -0.2) is 60.7 Å². The van der Waals surface area contributed by atoms with Crippen LogP contribution in [0, 0.1) is 0 Å². The van der Waals surface area contributed by atoms with E-state index in [-0.39, 0.29) is 24.0 Å². The zero-order chi connectivity index (χ0) is 19.9. The van der Waals surface area contributed by atoms with E-state index in [2.05, 4.69) is 5.32 Å². The summed E-state index contributed by atoms with van der Waals surface area (Å²) in [4.78, 5) is 36.9. The first-order valence-electron chi connectivity index (χ1n) is 8.76. The number of nitrogens with zero attached hydrogens (tertiary/aromatic N) is 1. The van der Waals surface area contributed by atoms with E-state index in [1.54, 1.807) is 29.2 Å². The third-order valence-electron chi connectivity index (χ3n) is 4.19. The predicted octanol–water partition coefficient (Wildman–Crippen LogP) is 1.87. The van der Waals surface area contributed by atoms with Gasteiger partial charge in [0.25, 0.3) is 11.8 Å². The highest BCUT2D eigenvalue weighted by Gasteiger charge is 2.18. The Labute approximate surface area is 161 Å². The molecule has 1 fully saturated rings. The van der Waals surface area contributed by atoms with Crippen LogP contribution in [0.1, 0.15) is 20.7 Å². The quantitative estimate of drug-likeness (QED) is 0.788. The normalized spacial score (nSPS) is 13.6. The Bertz CT molecular complexity index is 842. The number of ether oxygens (including phenoxy) is 2. The van der Waals surface area contributed by atoms with Gasteiger partial charge in [0.05, 0.1) is 18.8 Å². The van der Waals surface area contributed by atoms with Gasteiger partial charge in [-0.3, -0.25) is 9.59 Å². The van der Waals surface area contributed by atoms with Crippen molar-refractivity contribution in [2.24, 2.45) is 0 Å². The van der Waals surface area contributed by atoms with Gasteiger partial charge in [-0.15, -0.1) is 0 Å². The van der Waals surface area contributed by atoms with Crippen molar-refractivity contribution in [3.63, 3.8) is 0 Å². The van der Waals surface area contributed by atoms with E-state index in [1.807, 2.05) is 0 Å². The van der Waals surface area contributed by atoms with Crippen molar-refractivity contribution in [3.8, 4) is 5.75 Å². The largest absolute Gasteiger partial charge is 0.484 e. The molecule has 3 rings (SSSR count). The number of rotatable bonds is 6. The molecule has 1 saturated heterocycles. The number of hydrogen-bond donors (Lipinski definition) is 2. The second kappa shape index (κ2) is 9.01. The Morgan fingerprint density at radius 1 is 0.964 bits per heavy atom. The number of aromatic carboxylic acids is 1. The molecule has 1 aliphatic rings. The number of carboxylic acid groups (broad SMARTS) is 1. The summed E-state index contributed by atoms with van der Waals surface area (Å²) < 4.78 is 10.7. The van der Waals surface area contributed by atoms with Crippen molar-refractivity contribution in [1.82, 2.24) is 4.90 Å². The van der Waals surface area contributed by atoms with Gasteiger partial charge in [-0.1, -0.05) is 0 Å². The van der Waals surface area contributed by atoms with Crippen LogP contribution in [0.3, 0.4) is 0 Å². The molecule has 2 amide bonds. The molecular formula is C20H20N2O6. The van der Waals surface area contributed by atoms with Crippen molar-refractivity contribution in [2.75, 3.05) is 38.2 Å². The minimum Gasteiger partial charge on any atom is -0.484 e. The fourth-order valence-electron chi connectivity index (χ4n) is 2.68. The molecule has 28 heavy (non-hydrogen) atoms. The van der Waals surface area contributed by atoms with Gasteiger partial charge < -0.3 is 24.8 Å². The van der Waals surface area contributed by atoms with Crippen molar-refractivity contribution < 1.29 is 29.0 Å². The van der Waals surface area contributed by atoms with Gasteiger partial charge >= 0.3 is 5.97 Å². The molecule has 2 aromatic rings. The Balaban J connectivity index is 1.49. The van der Waals surface area contributed by atoms with E-state index in [0.717, 1.165) is 0 Å². The van der Waals surface area contributed by atoms with E-state index in [0.29, 0.717) is 43.3 Å². The number of nitrogens with one attached hydrogen (secondary N) is 1. The summed E-state index contributed by atoms with van der Waals surface area (Å²) in [5, 5.41) is 11.5. The van der Waals surface area contributed by atoms with Crippen LogP contribution in [-0.2, 0) is 9.53 Å². The molecule has 0 aliphatic carbocycles. The van der Waals surface area contributed by atoms with Gasteiger partial charge in [0.1, 0.15) is 5.75 Å². The zero-order valence-corrected chi connectivity index (χ0v) is 15.1. The van der Waals surface area contributed by atoms with E-state index in [9.17, 15) is 14.4 Å². The topological polar surface area (TPSA) is 105 Å².